The molecule has 0 spiro atoms. The zero-order valence-corrected chi connectivity index (χ0v) is 24.9. The van der Waals surface area contributed by atoms with Crippen molar-refractivity contribution < 1.29 is 9.59 Å². The highest BCUT2D eigenvalue weighted by Crippen LogP contribution is 2.46. The fourth-order valence-electron chi connectivity index (χ4n) is 7.07. The molecule has 0 radical (unpaired) electrons. The van der Waals surface area contributed by atoms with Crippen LogP contribution in [0.2, 0.25) is 0 Å². The van der Waals surface area contributed by atoms with Gasteiger partial charge in [0.1, 0.15) is 0 Å². The summed E-state index contributed by atoms with van der Waals surface area (Å²) in [5.74, 6) is 1.30. The summed E-state index contributed by atoms with van der Waals surface area (Å²) < 4.78 is 0. The van der Waals surface area contributed by atoms with E-state index < -0.39 is 0 Å². The van der Waals surface area contributed by atoms with Crippen LogP contribution in [-0.4, -0.2) is 35.0 Å². The molecule has 3 N–H and O–H groups in total. The standard InChI is InChI=1S/C30H45ClN4O2S/c1-18-7-6-9-23(15-18)34-26(36)17-38-30-25(16-32)28(24-10-5-4-8-19(24)2)27(20(3)33-30)29(37)35-22-13-11-21(31)12-14-22/h18-19,21-24,28,33H,4-15,17H2,1-3H3,(H,34,36)(H,35,37). The maximum Gasteiger partial charge on any atom is 0.249 e. The molecule has 2 amide bonds. The van der Waals surface area contributed by atoms with Gasteiger partial charge in [-0.15, -0.1) is 11.6 Å². The lowest BCUT2D eigenvalue weighted by molar-refractivity contribution is -0.120. The first-order valence-corrected chi connectivity index (χ1v) is 16.2. The van der Waals surface area contributed by atoms with Crippen LogP contribution in [0.4, 0.5) is 0 Å². The van der Waals surface area contributed by atoms with Crippen molar-refractivity contribution in [3.63, 3.8) is 0 Å². The van der Waals surface area contributed by atoms with Gasteiger partial charge in [-0.2, -0.15) is 5.26 Å². The van der Waals surface area contributed by atoms with Crippen LogP contribution in [0.3, 0.4) is 0 Å². The Morgan fingerprint density at radius 2 is 1.74 bits per heavy atom. The lowest BCUT2D eigenvalue weighted by Gasteiger charge is -2.40. The fraction of sp³-hybridized carbons (Fsp3) is 0.767. The Morgan fingerprint density at radius 3 is 2.42 bits per heavy atom. The second kappa shape index (κ2) is 13.6. The number of hydrogen-bond acceptors (Lipinski definition) is 5. The van der Waals surface area contributed by atoms with Gasteiger partial charge < -0.3 is 16.0 Å². The molecule has 0 aromatic rings. The summed E-state index contributed by atoms with van der Waals surface area (Å²) in [6.07, 6.45) is 12.5. The lowest BCUT2D eigenvalue weighted by atomic mass is 9.67. The topological polar surface area (TPSA) is 94.0 Å². The number of nitrogens with one attached hydrogen (secondary N) is 3. The van der Waals surface area contributed by atoms with Crippen molar-refractivity contribution in [2.24, 2.45) is 23.7 Å². The van der Waals surface area contributed by atoms with Gasteiger partial charge in [0.15, 0.2) is 0 Å². The second-order valence-electron chi connectivity index (χ2n) is 12.2. The van der Waals surface area contributed by atoms with E-state index in [0.29, 0.717) is 23.0 Å². The van der Waals surface area contributed by atoms with Gasteiger partial charge in [-0.25, -0.2) is 0 Å². The summed E-state index contributed by atoms with van der Waals surface area (Å²) in [5, 5.41) is 21.2. The minimum atomic E-state index is -0.245. The third kappa shape index (κ3) is 7.30. The Hall–Kier alpha value is -1.65. The highest BCUT2D eigenvalue weighted by Gasteiger charge is 2.41. The van der Waals surface area contributed by atoms with E-state index in [0.717, 1.165) is 74.9 Å². The van der Waals surface area contributed by atoms with Crippen molar-refractivity contribution >= 4 is 35.2 Å². The maximum absolute atomic E-state index is 13.8. The molecule has 4 aliphatic rings. The van der Waals surface area contributed by atoms with E-state index >= 15 is 0 Å². The smallest absolute Gasteiger partial charge is 0.249 e. The zero-order chi connectivity index (χ0) is 27.2. The van der Waals surface area contributed by atoms with E-state index in [1.807, 2.05) is 6.92 Å². The van der Waals surface area contributed by atoms with E-state index in [-0.39, 0.29) is 46.9 Å². The van der Waals surface area contributed by atoms with E-state index in [9.17, 15) is 14.9 Å². The van der Waals surface area contributed by atoms with Crippen LogP contribution in [0.1, 0.15) is 97.8 Å². The predicted octanol–water partition coefficient (Wildman–Crippen LogP) is 6.14. The molecule has 4 rings (SSSR count). The summed E-state index contributed by atoms with van der Waals surface area (Å²) >= 11 is 7.70. The third-order valence-corrected chi connectivity index (χ3v) is 10.6. The van der Waals surface area contributed by atoms with Gasteiger partial charge >= 0.3 is 0 Å². The van der Waals surface area contributed by atoms with Crippen LogP contribution < -0.4 is 16.0 Å². The molecule has 3 aliphatic carbocycles. The summed E-state index contributed by atoms with van der Waals surface area (Å²) in [4.78, 5) is 26.6. The maximum atomic E-state index is 13.8. The largest absolute Gasteiger partial charge is 0.353 e. The molecule has 6 nitrogen and oxygen atoms in total. The molecule has 5 unspecified atom stereocenters. The Bertz CT molecular complexity index is 981. The number of nitrogens with zero attached hydrogens (tertiary/aromatic N) is 1. The van der Waals surface area contributed by atoms with Crippen molar-refractivity contribution in [2.45, 2.75) is 115 Å². The van der Waals surface area contributed by atoms with Gasteiger partial charge in [0.25, 0.3) is 0 Å². The molecule has 1 aliphatic heterocycles. The van der Waals surface area contributed by atoms with E-state index in [2.05, 4.69) is 35.9 Å². The molecule has 0 bridgehead atoms. The van der Waals surface area contributed by atoms with Crippen LogP contribution in [0, 0.1) is 35.0 Å². The summed E-state index contributed by atoms with van der Waals surface area (Å²) in [6.45, 7) is 6.46. The molecule has 0 saturated heterocycles. The summed E-state index contributed by atoms with van der Waals surface area (Å²) in [6, 6.07) is 2.85. The zero-order valence-electron chi connectivity index (χ0n) is 23.3. The Morgan fingerprint density at radius 1 is 1.00 bits per heavy atom. The van der Waals surface area contributed by atoms with Crippen LogP contribution in [0.15, 0.2) is 21.9 Å². The first-order chi connectivity index (χ1) is 18.3. The van der Waals surface area contributed by atoms with Crippen LogP contribution >= 0.6 is 23.4 Å². The molecule has 3 saturated carbocycles. The van der Waals surface area contributed by atoms with Crippen LogP contribution in [0.25, 0.3) is 0 Å². The van der Waals surface area contributed by atoms with Crippen molar-refractivity contribution in [3.05, 3.63) is 21.9 Å². The second-order valence-corrected chi connectivity index (χ2v) is 13.8. The minimum absolute atomic E-state index is 0.0170. The first kappa shape index (κ1) is 29.3. The molecule has 210 valence electrons. The summed E-state index contributed by atoms with van der Waals surface area (Å²) in [7, 11) is 0. The number of amides is 2. The van der Waals surface area contributed by atoms with Crippen molar-refractivity contribution in [1.82, 2.24) is 16.0 Å². The highest BCUT2D eigenvalue weighted by atomic mass is 35.5. The number of dihydropyridines is 1. The number of carbonyl (C=O) groups excluding carboxylic acids is 2. The number of allylic oxidation sites excluding steroid dienone is 2. The van der Waals surface area contributed by atoms with Gasteiger partial charge in [-0.3, -0.25) is 9.59 Å². The Labute approximate surface area is 238 Å². The van der Waals surface area contributed by atoms with Gasteiger partial charge in [0, 0.05) is 34.6 Å². The molecule has 0 aromatic heterocycles. The van der Waals surface area contributed by atoms with E-state index in [1.54, 1.807) is 0 Å². The first-order valence-electron chi connectivity index (χ1n) is 14.8. The van der Waals surface area contributed by atoms with E-state index in [1.165, 1.54) is 24.6 Å². The molecule has 5 atom stereocenters. The van der Waals surface area contributed by atoms with Crippen molar-refractivity contribution in [2.75, 3.05) is 5.75 Å². The Balaban J connectivity index is 1.52. The normalized spacial score (nSPS) is 34.2. The number of nitriles is 1. The van der Waals surface area contributed by atoms with Crippen molar-refractivity contribution in [3.8, 4) is 6.07 Å². The number of thioether (sulfide) groups is 1. The molecular formula is C30H45ClN4O2S. The fourth-order valence-corrected chi connectivity index (χ4v) is 8.23. The quantitative estimate of drug-likeness (QED) is 0.325. The minimum Gasteiger partial charge on any atom is -0.353 e. The number of alkyl halides is 1. The Kier molecular flexibility index (Phi) is 10.5. The third-order valence-electron chi connectivity index (χ3n) is 9.18. The number of halogens is 1. The van der Waals surface area contributed by atoms with Crippen LogP contribution in [-0.2, 0) is 9.59 Å². The van der Waals surface area contributed by atoms with Crippen LogP contribution in [0.5, 0.6) is 0 Å². The number of hydrogen-bond donors (Lipinski definition) is 3. The SMILES string of the molecule is CC1=C(C(=O)NC2CCC(Cl)CC2)C(C2CCCCC2C)C(C#N)=C(SCC(=O)NC2CCCC(C)C2)N1. The number of carbonyl (C=O) groups is 2. The monoisotopic (exact) mass is 560 g/mol. The molecule has 1 heterocycles. The molecule has 8 heteroatoms. The van der Waals surface area contributed by atoms with Gasteiger partial charge in [-0.1, -0.05) is 57.7 Å². The van der Waals surface area contributed by atoms with Gasteiger partial charge in [0.05, 0.1) is 22.4 Å². The van der Waals surface area contributed by atoms with Crippen molar-refractivity contribution in [1.29, 1.82) is 5.26 Å². The van der Waals surface area contributed by atoms with Gasteiger partial charge in [-0.05, 0) is 69.6 Å². The number of rotatable bonds is 7. The average Bonchev–Trinajstić information content (AvgIpc) is 2.88. The highest BCUT2D eigenvalue weighted by molar-refractivity contribution is 8.03. The molecule has 3 fully saturated rings. The average molecular weight is 561 g/mol. The molecular weight excluding hydrogens is 516 g/mol. The molecule has 0 aromatic carbocycles. The molecule has 38 heavy (non-hydrogen) atoms. The summed E-state index contributed by atoms with van der Waals surface area (Å²) in [5.41, 5.74) is 2.13. The lowest BCUT2D eigenvalue weighted by Crippen LogP contribution is -2.44. The predicted molar refractivity (Wildman–Crippen MR) is 155 cm³/mol. The van der Waals surface area contributed by atoms with Gasteiger partial charge in [0.2, 0.25) is 11.8 Å². The van der Waals surface area contributed by atoms with E-state index in [4.69, 9.17) is 11.6 Å².